The minimum absolute atomic E-state index is 0.0701. The van der Waals surface area contributed by atoms with Crippen LogP contribution in [0, 0.1) is 12.8 Å². The minimum atomic E-state index is 0.0701. The van der Waals surface area contributed by atoms with Gasteiger partial charge in [-0.3, -0.25) is 4.79 Å². The van der Waals surface area contributed by atoms with Crippen molar-refractivity contribution in [2.24, 2.45) is 5.92 Å². The smallest absolute Gasteiger partial charge is 0.228 e. The number of carbonyl (C=O) groups excluding carboxylic acids is 1. The van der Waals surface area contributed by atoms with Gasteiger partial charge in [0.1, 0.15) is 0 Å². The van der Waals surface area contributed by atoms with Crippen LogP contribution in [0.2, 0.25) is 0 Å². The lowest BCUT2D eigenvalue weighted by molar-refractivity contribution is -0.135. The monoisotopic (exact) mass is 276 g/mol. The molecule has 1 aromatic heterocycles. The van der Waals surface area contributed by atoms with Crippen LogP contribution < -0.4 is 4.90 Å². The molecule has 0 aromatic carbocycles. The van der Waals surface area contributed by atoms with E-state index in [0.29, 0.717) is 6.61 Å². The van der Waals surface area contributed by atoms with E-state index in [0.717, 1.165) is 50.7 Å². The maximum atomic E-state index is 12.3. The molecule has 3 rings (SSSR count). The van der Waals surface area contributed by atoms with Crippen LogP contribution in [-0.2, 0) is 9.53 Å². The zero-order valence-electron chi connectivity index (χ0n) is 11.8. The van der Waals surface area contributed by atoms with Crippen LogP contribution in [0.5, 0.6) is 0 Å². The molecule has 0 radical (unpaired) electrons. The summed E-state index contributed by atoms with van der Waals surface area (Å²) in [4.78, 5) is 16.4. The van der Waals surface area contributed by atoms with Gasteiger partial charge in [0.2, 0.25) is 5.91 Å². The molecule has 1 amide bonds. The molecular weight excluding hydrogens is 256 g/mol. The van der Waals surface area contributed by atoms with Gasteiger partial charge >= 0.3 is 0 Å². The van der Waals surface area contributed by atoms with Crippen molar-refractivity contribution in [1.29, 1.82) is 0 Å². The van der Waals surface area contributed by atoms with E-state index in [1.165, 1.54) is 0 Å². The molecule has 2 saturated heterocycles. The average molecular weight is 276 g/mol. The fraction of sp³-hybridized carbons (Fsp3) is 0.643. The number of carbonyl (C=O) groups is 1. The Labute approximate surface area is 118 Å². The normalized spacial score (nSPS) is 23.1. The Morgan fingerprint density at radius 1 is 1.25 bits per heavy atom. The van der Waals surface area contributed by atoms with Crippen molar-refractivity contribution in [1.82, 2.24) is 15.1 Å². The Morgan fingerprint density at radius 2 is 2.05 bits per heavy atom. The van der Waals surface area contributed by atoms with Crippen molar-refractivity contribution >= 4 is 11.7 Å². The van der Waals surface area contributed by atoms with E-state index in [1.807, 2.05) is 24.0 Å². The number of hydrogen-bond acceptors (Lipinski definition) is 5. The highest BCUT2D eigenvalue weighted by molar-refractivity contribution is 5.79. The van der Waals surface area contributed by atoms with Gasteiger partial charge in [-0.05, 0) is 25.5 Å². The third-order valence-electron chi connectivity index (χ3n) is 3.98. The summed E-state index contributed by atoms with van der Waals surface area (Å²) in [5.41, 5.74) is 0.920. The van der Waals surface area contributed by atoms with Crippen molar-refractivity contribution in [3.8, 4) is 0 Å². The molecule has 1 unspecified atom stereocenters. The molecule has 2 aliphatic rings. The van der Waals surface area contributed by atoms with Gasteiger partial charge in [0.05, 0.1) is 18.2 Å². The van der Waals surface area contributed by atoms with E-state index in [1.54, 1.807) is 0 Å². The summed E-state index contributed by atoms with van der Waals surface area (Å²) in [7, 11) is 0. The summed E-state index contributed by atoms with van der Waals surface area (Å²) in [6, 6.07) is 3.96. The third-order valence-corrected chi connectivity index (χ3v) is 3.98. The summed E-state index contributed by atoms with van der Waals surface area (Å²) in [6.07, 6.45) is 0.864. The number of piperazine rings is 1. The number of rotatable bonds is 2. The molecule has 108 valence electrons. The van der Waals surface area contributed by atoms with Gasteiger partial charge in [0.15, 0.2) is 5.82 Å². The number of aromatic nitrogens is 2. The second-order valence-corrected chi connectivity index (χ2v) is 5.41. The van der Waals surface area contributed by atoms with E-state index < -0.39 is 0 Å². The van der Waals surface area contributed by atoms with Gasteiger partial charge in [-0.2, -0.15) is 5.10 Å². The van der Waals surface area contributed by atoms with Gasteiger partial charge < -0.3 is 14.5 Å². The van der Waals surface area contributed by atoms with Gasteiger partial charge in [0.25, 0.3) is 0 Å². The zero-order chi connectivity index (χ0) is 13.9. The molecule has 2 fully saturated rings. The van der Waals surface area contributed by atoms with E-state index in [-0.39, 0.29) is 11.8 Å². The van der Waals surface area contributed by atoms with Crippen molar-refractivity contribution in [2.75, 3.05) is 44.3 Å². The quantitative estimate of drug-likeness (QED) is 0.786. The lowest BCUT2D eigenvalue weighted by Crippen LogP contribution is -2.50. The van der Waals surface area contributed by atoms with Crippen LogP contribution in [0.15, 0.2) is 12.1 Å². The van der Waals surface area contributed by atoms with Crippen LogP contribution >= 0.6 is 0 Å². The lowest BCUT2D eigenvalue weighted by atomic mass is 10.1. The topological polar surface area (TPSA) is 58.6 Å². The predicted molar refractivity (Wildman–Crippen MR) is 74.5 cm³/mol. The third kappa shape index (κ3) is 2.75. The summed E-state index contributed by atoms with van der Waals surface area (Å²) < 4.78 is 5.29. The highest BCUT2D eigenvalue weighted by Gasteiger charge is 2.30. The van der Waals surface area contributed by atoms with Crippen LogP contribution in [-0.4, -0.2) is 60.4 Å². The molecule has 0 bridgehead atoms. The molecule has 6 nitrogen and oxygen atoms in total. The van der Waals surface area contributed by atoms with Gasteiger partial charge in [-0.1, -0.05) is 0 Å². The molecule has 1 atom stereocenters. The molecule has 0 spiro atoms. The molecule has 0 N–H and O–H groups in total. The zero-order valence-corrected chi connectivity index (χ0v) is 11.8. The first-order chi connectivity index (χ1) is 9.74. The Hall–Kier alpha value is -1.69. The highest BCUT2D eigenvalue weighted by atomic mass is 16.5. The second-order valence-electron chi connectivity index (χ2n) is 5.41. The molecule has 3 heterocycles. The fourth-order valence-electron chi connectivity index (χ4n) is 2.70. The molecular formula is C14H20N4O2. The number of aryl methyl sites for hydroxylation is 1. The van der Waals surface area contributed by atoms with Gasteiger partial charge in [0, 0.05) is 32.8 Å². The van der Waals surface area contributed by atoms with Crippen LogP contribution in [0.3, 0.4) is 0 Å². The van der Waals surface area contributed by atoms with Crippen molar-refractivity contribution in [3.05, 3.63) is 17.8 Å². The molecule has 0 aliphatic carbocycles. The fourth-order valence-corrected chi connectivity index (χ4v) is 2.70. The van der Waals surface area contributed by atoms with Crippen molar-refractivity contribution in [3.63, 3.8) is 0 Å². The lowest BCUT2D eigenvalue weighted by Gasteiger charge is -2.36. The molecule has 2 aliphatic heterocycles. The van der Waals surface area contributed by atoms with E-state index in [2.05, 4.69) is 15.1 Å². The molecule has 6 heteroatoms. The maximum Gasteiger partial charge on any atom is 0.228 e. The number of nitrogens with zero attached hydrogens (tertiary/aromatic N) is 4. The van der Waals surface area contributed by atoms with Gasteiger partial charge in [-0.25, -0.2) is 0 Å². The van der Waals surface area contributed by atoms with Crippen LogP contribution in [0.4, 0.5) is 5.82 Å². The first-order valence-corrected chi connectivity index (χ1v) is 7.16. The second kappa shape index (κ2) is 5.75. The summed E-state index contributed by atoms with van der Waals surface area (Å²) in [5.74, 6) is 1.21. The average Bonchev–Trinajstić information content (AvgIpc) is 3.02. The van der Waals surface area contributed by atoms with E-state index in [4.69, 9.17) is 4.74 Å². The van der Waals surface area contributed by atoms with E-state index >= 15 is 0 Å². The Bertz CT molecular complexity index is 463. The Morgan fingerprint density at radius 3 is 2.65 bits per heavy atom. The first kappa shape index (κ1) is 13.3. The number of hydrogen-bond donors (Lipinski definition) is 0. The van der Waals surface area contributed by atoms with E-state index in [9.17, 15) is 4.79 Å². The molecule has 0 saturated carbocycles. The summed E-state index contributed by atoms with van der Waals surface area (Å²) in [6.45, 7) is 6.37. The molecule has 1 aromatic rings. The molecule has 20 heavy (non-hydrogen) atoms. The van der Waals surface area contributed by atoms with Crippen LogP contribution in [0.1, 0.15) is 12.1 Å². The standard InChI is InChI=1S/C14H20N4O2/c1-11-2-3-13(16-15-11)17-5-7-18(8-6-17)14(19)12-4-9-20-10-12/h2-3,12H,4-10H2,1H3. The van der Waals surface area contributed by atoms with Crippen molar-refractivity contribution in [2.45, 2.75) is 13.3 Å². The summed E-state index contributed by atoms with van der Waals surface area (Å²) >= 11 is 0. The Kier molecular flexibility index (Phi) is 3.82. The highest BCUT2D eigenvalue weighted by Crippen LogP contribution is 2.18. The first-order valence-electron chi connectivity index (χ1n) is 7.16. The Balaban J connectivity index is 1.56. The maximum absolute atomic E-state index is 12.3. The predicted octanol–water partition coefficient (Wildman–Crippen LogP) is 0.470. The van der Waals surface area contributed by atoms with Crippen LogP contribution in [0.25, 0.3) is 0 Å². The van der Waals surface area contributed by atoms with Crippen molar-refractivity contribution < 1.29 is 9.53 Å². The number of anilines is 1. The van der Waals surface area contributed by atoms with Gasteiger partial charge in [-0.15, -0.1) is 5.10 Å². The summed E-state index contributed by atoms with van der Waals surface area (Å²) in [5, 5.41) is 8.28. The minimum Gasteiger partial charge on any atom is -0.381 e. The SMILES string of the molecule is Cc1ccc(N2CCN(C(=O)C3CCOC3)CC2)nn1. The largest absolute Gasteiger partial charge is 0.381 e. The number of ether oxygens (including phenoxy) is 1. The number of amides is 1.